The number of aryl methyl sites for hydroxylation is 2. The second-order valence-corrected chi connectivity index (χ2v) is 3.55. The van der Waals surface area contributed by atoms with E-state index in [0.29, 0.717) is 24.2 Å². The molecule has 0 amide bonds. The predicted octanol–water partition coefficient (Wildman–Crippen LogP) is 1.41. The molecule has 6 heteroatoms. The van der Waals surface area contributed by atoms with Gasteiger partial charge in [0.25, 0.3) is 0 Å². The highest BCUT2D eigenvalue weighted by Crippen LogP contribution is 2.24. The molecule has 1 heterocycles. The first-order chi connectivity index (χ1) is 7.51. The van der Waals surface area contributed by atoms with E-state index in [-0.39, 0.29) is 17.9 Å². The monoisotopic (exact) mass is 225 g/mol. The predicted molar refractivity (Wildman–Crippen MR) is 58.2 cm³/mol. The van der Waals surface area contributed by atoms with Gasteiger partial charge < -0.3 is 0 Å². The maximum Gasteiger partial charge on any atom is 0.313 e. The lowest BCUT2D eigenvalue weighted by Gasteiger charge is -1.99. The number of rotatable bonds is 5. The van der Waals surface area contributed by atoms with Crippen molar-refractivity contribution in [2.45, 2.75) is 33.1 Å². The minimum absolute atomic E-state index is 0.00759. The molecule has 0 radical (unpaired) electrons. The zero-order chi connectivity index (χ0) is 12.3. The van der Waals surface area contributed by atoms with E-state index in [4.69, 9.17) is 0 Å². The third-order valence-corrected chi connectivity index (χ3v) is 2.48. The average Bonchev–Trinajstić information content (AvgIpc) is 2.55. The fourth-order valence-electron chi connectivity index (χ4n) is 1.57. The molecule has 0 fully saturated rings. The molecule has 0 N–H and O–H groups in total. The Kier molecular flexibility index (Phi) is 3.76. The van der Waals surface area contributed by atoms with Gasteiger partial charge in [0, 0.05) is 13.5 Å². The van der Waals surface area contributed by atoms with Gasteiger partial charge in [0.15, 0.2) is 0 Å². The van der Waals surface area contributed by atoms with E-state index in [1.807, 2.05) is 0 Å². The quantitative estimate of drug-likeness (QED) is 0.560. The van der Waals surface area contributed by atoms with Crippen LogP contribution in [-0.4, -0.2) is 20.5 Å². The molecule has 16 heavy (non-hydrogen) atoms. The summed E-state index contributed by atoms with van der Waals surface area (Å²) in [4.78, 5) is 21.8. The van der Waals surface area contributed by atoms with Crippen molar-refractivity contribution in [2.75, 3.05) is 0 Å². The minimum Gasteiger partial charge on any atom is -0.299 e. The molecule has 0 saturated carbocycles. The maximum absolute atomic E-state index is 11.3. The van der Waals surface area contributed by atoms with E-state index >= 15 is 0 Å². The summed E-state index contributed by atoms with van der Waals surface area (Å²) in [5.74, 6) is -0.0197. The Balaban J connectivity index is 3.20. The summed E-state index contributed by atoms with van der Waals surface area (Å²) >= 11 is 0. The van der Waals surface area contributed by atoms with Gasteiger partial charge in [-0.1, -0.05) is 13.8 Å². The zero-order valence-corrected chi connectivity index (χ0v) is 9.69. The highest BCUT2D eigenvalue weighted by atomic mass is 16.6. The first kappa shape index (κ1) is 12.4. The number of hydrogen-bond acceptors (Lipinski definition) is 4. The highest BCUT2D eigenvalue weighted by Gasteiger charge is 2.26. The van der Waals surface area contributed by atoms with Crippen LogP contribution in [0.4, 0.5) is 5.69 Å². The number of carbonyl (C=O) groups excluding carboxylic acids is 1. The molecular formula is C10H15N3O3. The van der Waals surface area contributed by atoms with Gasteiger partial charge in [-0.05, 0) is 6.42 Å². The summed E-state index contributed by atoms with van der Waals surface area (Å²) in [6, 6.07) is 0. The van der Waals surface area contributed by atoms with Crippen LogP contribution >= 0.6 is 0 Å². The minimum atomic E-state index is -0.454. The molecule has 0 saturated heterocycles. The van der Waals surface area contributed by atoms with Crippen molar-refractivity contribution in [1.29, 1.82) is 0 Å². The number of ketones is 1. The summed E-state index contributed by atoms with van der Waals surface area (Å²) in [6.07, 6.45) is 0.949. The Morgan fingerprint density at radius 1 is 1.50 bits per heavy atom. The first-order valence-corrected chi connectivity index (χ1v) is 5.22. The number of Topliss-reactive ketones (excluding diaryl/α,β-unsaturated/α-hetero) is 1. The van der Waals surface area contributed by atoms with Crippen molar-refractivity contribution in [2.24, 2.45) is 7.05 Å². The first-order valence-electron chi connectivity index (χ1n) is 5.22. The van der Waals surface area contributed by atoms with Crippen molar-refractivity contribution in [1.82, 2.24) is 9.78 Å². The number of nitro groups is 1. The molecule has 0 aliphatic rings. The third-order valence-electron chi connectivity index (χ3n) is 2.48. The van der Waals surface area contributed by atoms with Crippen molar-refractivity contribution in [3.63, 3.8) is 0 Å². The largest absolute Gasteiger partial charge is 0.313 e. The van der Waals surface area contributed by atoms with Gasteiger partial charge in [0.05, 0.1) is 11.3 Å². The Morgan fingerprint density at radius 2 is 2.12 bits per heavy atom. The Labute approximate surface area is 93.4 Å². The molecule has 0 unspecified atom stereocenters. The molecular weight excluding hydrogens is 210 g/mol. The van der Waals surface area contributed by atoms with Gasteiger partial charge in [-0.25, -0.2) is 0 Å². The summed E-state index contributed by atoms with van der Waals surface area (Å²) in [6.45, 7) is 3.55. The van der Waals surface area contributed by atoms with Gasteiger partial charge in [-0.3, -0.25) is 19.6 Å². The van der Waals surface area contributed by atoms with Crippen LogP contribution < -0.4 is 0 Å². The number of aromatic nitrogens is 2. The lowest BCUT2D eigenvalue weighted by atomic mass is 10.1. The lowest BCUT2D eigenvalue weighted by molar-refractivity contribution is -0.386. The number of hydrogen-bond donors (Lipinski definition) is 0. The molecule has 0 aromatic carbocycles. The number of carbonyl (C=O) groups is 1. The fraction of sp³-hybridized carbons (Fsp3) is 0.600. The van der Waals surface area contributed by atoms with E-state index in [1.165, 1.54) is 4.68 Å². The van der Waals surface area contributed by atoms with E-state index in [1.54, 1.807) is 20.9 Å². The van der Waals surface area contributed by atoms with E-state index in [2.05, 4.69) is 5.10 Å². The van der Waals surface area contributed by atoms with E-state index < -0.39 is 4.92 Å². The smallest absolute Gasteiger partial charge is 0.299 e. The number of nitrogens with zero attached hydrogens (tertiary/aromatic N) is 3. The van der Waals surface area contributed by atoms with Crippen LogP contribution in [0.25, 0.3) is 0 Å². The SMILES string of the molecule is CCC(=O)Cc1c([N+](=O)[O-])c(CC)nn1C. The molecule has 1 aromatic rings. The summed E-state index contributed by atoms with van der Waals surface area (Å²) in [7, 11) is 1.63. The van der Waals surface area contributed by atoms with Crippen LogP contribution in [-0.2, 0) is 24.7 Å². The Bertz CT molecular complexity index is 423. The lowest BCUT2D eigenvalue weighted by Crippen LogP contribution is -2.08. The van der Waals surface area contributed by atoms with E-state index in [9.17, 15) is 14.9 Å². The van der Waals surface area contributed by atoms with Gasteiger partial charge >= 0.3 is 5.69 Å². The van der Waals surface area contributed by atoms with E-state index in [0.717, 1.165) is 0 Å². The third kappa shape index (κ3) is 2.26. The van der Waals surface area contributed by atoms with Crippen molar-refractivity contribution in [3.8, 4) is 0 Å². The Morgan fingerprint density at radius 3 is 2.56 bits per heavy atom. The molecule has 0 aliphatic carbocycles. The van der Waals surface area contributed by atoms with Crippen molar-refractivity contribution >= 4 is 11.5 Å². The van der Waals surface area contributed by atoms with Gasteiger partial charge in [-0.15, -0.1) is 0 Å². The van der Waals surface area contributed by atoms with Crippen LogP contribution in [0.1, 0.15) is 31.7 Å². The second-order valence-electron chi connectivity index (χ2n) is 3.55. The fourth-order valence-corrected chi connectivity index (χ4v) is 1.57. The molecule has 1 rings (SSSR count). The molecule has 0 aliphatic heterocycles. The molecule has 0 bridgehead atoms. The maximum atomic E-state index is 11.3. The summed E-state index contributed by atoms with van der Waals surface area (Å²) in [5, 5.41) is 15.0. The molecule has 0 atom stereocenters. The zero-order valence-electron chi connectivity index (χ0n) is 9.69. The van der Waals surface area contributed by atoms with Gasteiger partial charge in [-0.2, -0.15) is 5.10 Å². The molecule has 0 spiro atoms. The Hall–Kier alpha value is -1.72. The normalized spacial score (nSPS) is 10.4. The standard InChI is InChI=1S/C10H15N3O3/c1-4-7(14)6-9-10(13(15)16)8(5-2)11-12(9)3/h4-6H2,1-3H3. The van der Waals surface area contributed by atoms with Crippen LogP contribution in [0.2, 0.25) is 0 Å². The summed E-state index contributed by atoms with van der Waals surface area (Å²) < 4.78 is 1.44. The highest BCUT2D eigenvalue weighted by molar-refractivity contribution is 5.81. The van der Waals surface area contributed by atoms with Crippen LogP contribution in [0.3, 0.4) is 0 Å². The molecule has 88 valence electrons. The van der Waals surface area contributed by atoms with Crippen LogP contribution in [0, 0.1) is 10.1 Å². The topological polar surface area (TPSA) is 78.0 Å². The van der Waals surface area contributed by atoms with Gasteiger partial charge in [0.2, 0.25) is 0 Å². The average molecular weight is 225 g/mol. The van der Waals surface area contributed by atoms with Gasteiger partial charge in [0.1, 0.15) is 17.2 Å². The molecule has 1 aromatic heterocycles. The second kappa shape index (κ2) is 4.87. The summed E-state index contributed by atoms with van der Waals surface area (Å²) in [5.41, 5.74) is 0.826. The van der Waals surface area contributed by atoms with Crippen molar-refractivity contribution in [3.05, 3.63) is 21.5 Å². The molecule has 6 nitrogen and oxygen atoms in total. The van der Waals surface area contributed by atoms with Crippen molar-refractivity contribution < 1.29 is 9.72 Å². The van der Waals surface area contributed by atoms with Crippen LogP contribution in [0.5, 0.6) is 0 Å². The van der Waals surface area contributed by atoms with Crippen LogP contribution in [0.15, 0.2) is 0 Å².